The molecule has 2 rings (SSSR count). The van der Waals surface area contributed by atoms with Crippen LogP contribution >= 0.6 is 27.7 Å². The number of rotatable bonds is 7. The van der Waals surface area contributed by atoms with Gasteiger partial charge in [-0.2, -0.15) is 0 Å². The highest BCUT2D eigenvalue weighted by Crippen LogP contribution is 2.38. The quantitative estimate of drug-likeness (QED) is 0.470. The van der Waals surface area contributed by atoms with Crippen LogP contribution in [-0.2, 0) is 19.1 Å². The molecule has 1 aliphatic heterocycles. The lowest BCUT2D eigenvalue weighted by Gasteiger charge is -2.18. The number of esters is 1. The summed E-state index contributed by atoms with van der Waals surface area (Å²) in [7, 11) is 2.55. The van der Waals surface area contributed by atoms with Gasteiger partial charge in [0.1, 0.15) is 6.04 Å². The van der Waals surface area contributed by atoms with Crippen LogP contribution in [0.4, 0.5) is 4.79 Å². The van der Waals surface area contributed by atoms with Gasteiger partial charge < -0.3 is 19.3 Å². The zero-order valence-corrected chi connectivity index (χ0v) is 17.5. The minimum Gasteiger partial charge on any atom is -0.493 e. The molecular formula is C17H16BrNO8S. The number of hydrogen-bond acceptors (Lipinski definition) is 8. The first-order chi connectivity index (χ1) is 13.2. The van der Waals surface area contributed by atoms with Crippen molar-refractivity contribution in [2.24, 2.45) is 0 Å². The van der Waals surface area contributed by atoms with Crippen molar-refractivity contribution < 1.29 is 38.5 Å². The highest BCUT2D eigenvalue weighted by atomic mass is 79.9. The number of carbonyl (C=O) groups is 4. The summed E-state index contributed by atoms with van der Waals surface area (Å²) in [6.45, 7) is 0.852. The van der Waals surface area contributed by atoms with Crippen LogP contribution in [0, 0.1) is 0 Å². The topological polar surface area (TPSA) is 119 Å². The summed E-state index contributed by atoms with van der Waals surface area (Å²) in [5.41, 5.74) is 0.496. The average Bonchev–Trinajstić information content (AvgIpc) is 2.93. The first-order valence-corrected chi connectivity index (χ1v) is 9.37. The molecule has 28 heavy (non-hydrogen) atoms. The van der Waals surface area contributed by atoms with Gasteiger partial charge in [-0.05, 0) is 42.5 Å². The Bertz CT molecular complexity index is 869. The van der Waals surface area contributed by atoms with Crippen LogP contribution in [0.1, 0.15) is 12.5 Å². The highest BCUT2D eigenvalue weighted by molar-refractivity contribution is 9.10. The number of amides is 2. The van der Waals surface area contributed by atoms with Crippen LogP contribution in [0.5, 0.6) is 11.5 Å². The van der Waals surface area contributed by atoms with Gasteiger partial charge in [-0.1, -0.05) is 15.9 Å². The van der Waals surface area contributed by atoms with E-state index < -0.39 is 35.7 Å². The summed E-state index contributed by atoms with van der Waals surface area (Å²) < 4.78 is 15.4. The van der Waals surface area contributed by atoms with Crippen LogP contribution in [-0.4, -0.2) is 60.0 Å². The van der Waals surface area contributed by atoms with Crippen LogP contribution in [0.2, 0.25) is 0 Å². The molecule has 11 heteroatoms. The van der Waals surface area contributed by atoms with Crippen molar-refractivity contribution in [2.45, 2.75) is 13.0 Å². The second-order valence-electron chi connectivity index (χ2n) is 5.46. The van der Waals surface area contributed by atoms with Crippen LogP contribution in [0.25, 0.3) is 6.08 Å². The Hall–Kier alpha value is -2.53. The maximum absolute atomic E-state index is 12.6. The predicted molar refractivity (Wildman–Crippen MR) is 103 cm³/mol. The summed E-state index contributed by atoms with van der Waals surface area (Å²) in [4.78, 5) is 48.0. The van der Waals surface area contributed by atoms with Crippen LogP contribution in [0.3, 0.4) is 0 Å². The Labute approximate surface area is 172 Å². The van der Waals surface area contributed by atoms with Gasteiger partial charge in [0.2, 0.25) is 0 Å². The molecular weight excluding hydrogens is 458 g/mol. The summed E-state index contributed by atoms with van der Waals surface area (Å²) >= 11 is 4.01. The Kier molecular flexibility index (Phi) is 7.08. The van der Waals surface area contributed by atoms with E-state index in [0.717, 1.165) is 4.90 Å². The number of aliphatic carboxylic acids is 1. The molecule has 1 atom stereocenters. The lowest BCUT2D eigenvalue weighted by Crippen LogP contribution is -2.42. The third-order valence-electron chi connectivity index (χ3n) is 3.67. The van der Waals surface area contributed by atoms with E-state index in [1.54, 1.807) is 0 Å². The molecule has 1 saturated heterocycles. The Morgan fingerprint density at radius 3 is 2.54 bits per heavy atom. The summed E-state index contributed by atoms with van der Waals surface area (Å²) in [6.07, 6.45) is 1.46. The second-order valence-corrected chi connectivity index (χ2v) is 7.31. The normalized spacial score (nSPS) is 16.3. The zero-order chi connectivity index (χ0) is 21.0. The Morgan fingerprint density at radius 1 is 1.29 bits per heavy atom. The molecule has 0 aromatic heterocycles. The van der Waals surface area contributed by atoms with Gasteiger partial charge in [-0.25, -0.2) is 9.59 Å². The van der Waals surface area contributed by atoms with E-state index in [-0.39, 0.29) is 16.4 Å². The van der Waals surface area contributed by atoms with Crippen molar-refractivity contribution in [2.75, 3.05) is 20.8 Å². The molecule has 0 aliphatic carbocycles. The first kappa shape index (κ1) is 21.8. The Balaban J connectivity index is 2.34. The van der Waals surface area contributed by atoms with Gasteiger partial charge in [0.25, 0.3) is 11.1 Å². The fourth-order valence-corrected chi connectivity index (χ4v) is 3.64. The van der Waals surface area contributed by atoms with E-state index in [0.29, 0.717) is 21.8 Å². The van der Waals surface area contributed by atoms with Crippen molar-refractivity contribution in [1.29, 1.82) is 0 Å². The first-order valence-electron chi connectivity index (χ1n) is 7.76. The fraction of sp³-hybridized carbons (Fsp3) is 0.294. The number of ether oxygens (including phenoxy) is 3. The molecule has 2 amide bonds. The van der Waals surface area contributed by atoms with Crippen LogP contribution in [0.15, 0.2) is 21.5 Å². The largest absolute Gasteiger partial charge is 0.493 e. The molecule has 150 valence electrons. The number of carbonyl (C=O) groups excluding carboxylic acids is 3. The third kappa shape index (κ3) is 4.65. The monoisotopic (exact) mass is 473 g/mol. The number of thioether (sulfide) groups is 1. The van der Waals surface area contributed by atoms with Crippen molar-refractivity contribution >= 4 is 56.9 Å². The predicted octanol–water partition coefficient (Wildman–Crippen LogP) is 2.52. The highest BCUT2D eigenvalue weighted by Gasteiger charge is 2.41. The van der Waals surface area contributed by atoms with E-state index >= 15 is 0 Å². The van der Waals surface area contributed by atoms with Gasteiger partial charge in [-0.3, -0.25) is 14.5 Å². The number of carboxylic acids is 1. The minimum atomic E-state index is -1.14. The smallest absolute Gasteiger partial charge is 0.341 e. The molecule has 1 fully saturated rings. The molecule has 9 nitrogen and oxygen atoms in total. The van der Waals surface area contributed by atoms with Gasteiger partial charge in [0, 0.05) is 4.47 Å². The molecule has 0 bridgehead atoms. The molecule has 1 heterocycles. The minimum absolute atomic E-state index is 0.114. The lowest BCUT2D eigenvalue weighted by molar-refractivity contribution is -0.148. The molecule has 1 aromatic rings. The third-order valence-corrected chi connectivity index (χ3v) is 5.24. The number of benzene rings is 1. The summed E-state index contributed by atoms with van der Waals surface area (Å²) in [6, 6.07) is 1.97. The number of carboxylic acid groups (broad SMARTS) is 1. The van der Waals surface area contributed by atoms with Gasteiger partial charge in [0.05, 0.1) is 19.1 Å². The van der Waals surface area contributed by atoms with E-state index in [1.807, 2.05) is 0 Å². The molecule has 1 aliphatic rings. The van der Waals surface area contributed by atoms with E-state index in [1.165, 1.54) is 39.4 Å². The van der Waals surface area contributed by atoms with E-state index in [9.17, 15) is 19.2 Å². The summed E-state index contributed by atoms with van der Waals surface area (Å²) in [5.74, 6) is -2.02. The molecule has 0 spiro atoms. The van der Waals surface area contributed by atoms with E-state index in [2.05, 4.69) is 20.7 Å². The zero-order valence-electron chi connectivity index (χ0n) is 15.1. The van der Waals surface area contributed by atoms with Gasteiger partial charge >= 0.3 is 11.9 Å². The standard InChI is InChI=1S/C17H16BrNO8S/c1-8(16(23)26-3)19-15(22)13(28-17(19)24)5-9-4-11(25-2)12(6-10(9)18)27-7-14(20)21/h4-6,8H,7H2,1-3H3,(H,20,21)/b13-5+/t8-/m1/s1. The number of imide groups is 1. The number of nitrogens with zero attached hydrogens (tertiary/aromatic N) is 1. The van der Waals surface area contributed by atoms with Crippen molar-refractivity contribution in [3.05, 3.63) is 27.1 Å². The van der Waals surface area contributed by atoms with Crippen molar-refractivity contribution in [1.82, 2.24) is 4.90 Å². The average molecular weight is 474 g/mol. The summed E-state index contributed by atoms with van der Waals surface area (Å²) in [5, 5.41) is 8.15. The van der Waals surface area contributed by atoms with Crippen molar-refractivity contribution in [3.63, 3.8) is 0 Å². The molecule has 0 saturated carbocycles. The van der Waals surface area contributed by atoms with E-state index in [4.69, 9.17) is 14.6 Å². The SMILES string of the molecule is COC(=O)[C@@H](C)N1C(=O)S/C(=C/c2cc(OC)c(OCC(=O)O)cc2Br)C1=O. The number of halogens is 1. The Morgan fingerprint density at radius 2 is 1.96 bits per heavy atom. The lowest BCUT2D eigenvalue weighted by atomic mass is 10.1. The second kappa shape index (κ2) is 9.11. The van der Waals surface area contributed by atoms with Crippen LogP contribution < -0.4 is 9.47 Å². The maximum atomic E-state index is 12.6. The molecule has 1 aromatic carbocycles. The molecule has 0 unspecified atom stereocenters. The van der Waals surface area contributed by atoms with Gasteiger partial charge in [-0.15, -0.1) is 0 Å². The van der Waals surface area contributed by atoms with Gasteiger partial charge in [0.15, 0.2) is 18.1 Å². The number of methoxy groups -OCH3 is 2. The maximum Gasteiger partial charge on any atom is 0.341 e. The fourth-order valence-electron chi connectivity index (χ4n) is 2.30. The molecule has 0 radical (unpaired) electrons. The van der Waals surface area contributed by atoms with Crippen molar-refractivity contribution in [3.8, 4) is 11.5 Å². The molecule has 1 N–H and O–H groups in total. The number of hydrogen-bond donors (Lipinski definition) is 1.